The molecule has 3 rings (SSSR count). The van der Waals surface area contributed by atoms with E-state index in [9.17, 15) is 22.8 Å². The molecule has 1 N–H and O–H groups in total. The number of anilines is 1. The first-order chi connectivity index (χ1) is 15.0. The predicted octanol–water partition coefficient (Wildman–Crippen LogP) is 5.22. The van der Waals surface area contributed by atoms with E-state index in [-0.39, 0.29) is 35.1 Å². The van der Waals surface area contributed by atoms with Gasteiger partial charge in [0, 0.05) is 6.42 Å². The molecule has 1 amide bonds. The smallest absolute Gasteiger partial charge is 0.393 e. The number of esters is 1. The zero-order valence-corrected chi connectivity index (χ0v) is 19.2. The minimum atomic E-state index is -4.50. The molecule has 1 saturated heterocycles. The molecule has 1 spiro atoms. The van der Waals surface area contributed by atoms with Gasteiger partial charge in [-0.1, -0.05) is 24.6 Å². The molecule has 0 bridgehead atoms. The maximum atomic E-state index is 13.6. The lowest BCUT2D eigenvalue weighted by atomic mass is 9.90. The molecule has 2 unspecified atom stereocenters. The molecule has 2 aliphatic rings. The van der Waals surface area contributed by atoms with Gasteiger partial charge in [0.2, 0.25) is 5.91 Å². The van der Waals surface area contributed by atoms with Crippen LogP contribution in [0.5, 0.6) is 0 Å². The third kappa shape index (κ3) is 6.16. The topological polar surface area (TPSA) is 58.6 Å². The van der Waals surface area contributed by atoms with Crippen LogP contribution in [0, 0.1) is 11.3 Å². The summed E-state index contributed by atoms with van der Waals surface area (Å²) in [5.41, 5.74) is 1.26. The molecule has 2 atom stereocenters. The van der Waals surface area contributed by atoms with E-state index in [4.69, 9.17) is 16.3 Å². The number of nitrogens with zero attached hydrogens (tertiary/aromatic N) is 1. The first kappa shape index (κ1) is 24.8. The number of likely N-dealkylation sites (tertiary alicyclic amines) is 1. The molecule has 0 radical (unpaired) electrons. The van der Waals surface area contributed by atoms with Crippen molar-refractivity contribution in [2.45, 2.75) is 64.6 Å². The van der Waals surface area contributed by atoms with Gasteiger partial charge in [-0.3, -0.25) is 14.5 Å². The molecule has 1 aliphatic carbocycles. The van der Waals surface area contributed by atoms with E-state index >= 15 is 0 Å². The molecule has 1 heterocycles. The van der Waals surface area contributed by atoms with Gasteiger partial charge in [0.25, 0.3) is 0 Å². The van der Waals surface area contributed by atoms with Crippen LogP contribution in [0.2, 0.25) is 5.02 Å². The number of nitrogens with one attached hydrogen (secondary N) is 1. The fraction of sp³-hybridized carbons (Fsp3) is 0.652. The Morgan fingerprint density at radius 2 is 1.88 bits per heavy atom. The molecule has 1 aromatic rings. The number of benzene rings is 1. The van der Waals surface area contributed by atoms with Crippen molar-refractivity contribution in [3.05, 3.63) is 28.8 Å². The number of hydrogen-bond donors (Lipinski definition) is 1. The van der Waals surface area contributed by atoms with Crippen LogP contribution in [0.25, 0.3) is 0 Å². The normalized spacial score (nSPS) is 19.9. The van der Waals surface area contributed by atoms with Gasteiger partial charge >= 0.3 is 12.1 Å². The summed E-state index contributed by atoms with van der Waals surface area (Å²) >= 11 is 6.22. The number of carbonyl (C=O) groups excluding carboxylic acids is 2. The molecule has 5 nitrogen and oxygen atoms in total. The van der Waals surface area contributed by atoms with Crippen LogP contribution >= 0.6 is 11.6 Å². The second-order valence-electron chi connectivity index (χ2n) is 8.92. The fourth-order valence-corrected chi connectivity index (χ4v) is 4.52. The molecule has 9 heteroatoms. The van der Waals surface area contributed by atoms with E-state index in [1.807, 2.05) is 0 Å². The summed E-state index contributed by atoms with van der Waals surface area (Å²) in [7, 11) is 0. The van der Waals surface area contributed by atoms with Crippen LogP contribution in [-0.2, 0) is 20.7 Å². The monoisotopic (exact) mass is 474 g/mol. The first-order valence-electron chi connectivity index (χ1n) is 11.1. The fourth-order valence-electron chi connectivity index (χ4n) is 4.35. The Hall–Kier alpha value is -1.80. The van der Waals surface area contributed by atoms with Crippen LogP contribution < -0.4 is 5.32 Å². The van der Waals surface area contributed by atoms with E-state index in [1.54, 1.807) is 30.0 Å². The Balaban J connectivity index is 1.73. The summed E-state index contributed by atoms with van der Waals surface area (Å²) < 4.78 is 45.8. The third-order valence-corrected chi connectivity index (χ3v) is 7.01. The second-order valence-corrected chi connectivity index (χ2v) is 9.33. The number of alkyl halides is 3. The zero-order chi connectivity index (χ0) is 23.5. The van der Waals surface area contributed by atoms with Gasteiger partial charge in [0.15, 0.2) is 0 Å². The van der Waals surface area contributed by atoms with Gasteiger partial charge in [-0.05, 0) is 75.2 Å². The van der Waals surface area contributed by atoms with E-state index in [0.717, 1.165) is 38.2 Å². The van der Waals surface area contributed by atoms with Crippen LogP contribution in [-0.4, -0.2) is 48.7 Å². The lowest BCUT2D eigenvalue weighted by molar-refractivity contribution is -0.189. The van der Waals surface area contributed by atoms with Gasteiger partial charge < -0.3 is 10.1 Å². The van der Waals surface area contributed by atoms with Crippen LogP contribution in [0.4, 0.5) is 18.9 Å². The maximum absolute atomic E-state index is 13.6. The highest BCUT2D eigenvalue weighted by Crippen LogP contribution is 2.54. The van der Waals surface area contributed by atoms with Crippen molar-refractivity contribution in [1.82, 2.24) is 4.90 Å². The first-order valence-corrected chi connectivity index (χ1v) is 11.5. The molecular formula is C23H30ClF3N2O3. The molecule has 0 aromatic heterocycles. The number of carbonyl (C=O) groups is 2. The Morgan fingerprint density at radius 3 is 2.44 bits per heavy atom. The van der Waals surface area contributed by atoms with Gasteiger partial charge in [0.1, 0.15) is 6.04 Å². The van der Waals surface area contributed by atoms with E-state index in [2.05, 4.69) is 5.32 Å². The number of ether oxygens (including phenoxy) is 1. The van der Waals surface area contributed by atoms with E-state index in [0.29, 0.717) is 19.5 Å². The van der Waals surface area contributed by atoms with Gasteiger partial charge in [-0.2, -0.15) is 13.2 Å². The minimum absolute atomic E-state index is 0.159. The highest BCUT2D eigenvalue weighted by atomic mass is 35.5. The zero-order valence-electron chi connectivity index (χ0n) is 18.4. The number of rotatable bonds is 8. The number of amides is 1. The van der Waals surface area contributed by atoms with Crippen LogP contribution in [0.15, 0.2) is 18.2 Å². The van der Waals surface area contributed by atoms with Crippen molar-refractivity contribution >= 4 is 29.2 Å². The Morgan fingerprint density at radius 1 is 1.22 bits per heavy atom. The quantitative estimate of drug-likeness (QED) is 0.525. The standard InChI is InChI=1S/C23H30ClF3N2O3/c1-3-32-19(30)7-5-16-4-6-17(24)18(14-16)28-21(31)20(15(2)23(25,26)27)29-12-10-22(8-9-22)11-13-29/h4,6,14-15,20H,3,5,7-13H2,1-2H3,(H,28,31). The molecular weight excluding hydrogens is 445 g/mol. The van der Waals surface area contributed by atoms with Gasteiger partial charge in [-0.15, -0.1) is 0 Å². The van der Waals surface area contributed by atoms with Crippen LogP contribution in [0.1, 0.15) is 51.5 Å². The molecule has 32 heavy (non-hydrogen) atoms. The second kappa shape index (κ2) is 10.00. The summed E-state index contributed by atoms with van der Waals surface area (Å²) in [5.74, 6) is -2.88. The summed E-state index contributed by atoms with van der Waals surface area (Å²) in [6.07, 6.45) is -0.0675. The largest absolute Gasteiger partial charge is 0.466 e. The number of piperidine rings is 1. The summed E-state index contributed by atoms with van der Waals surface area (Å²) in [6, 6.07) is 3.56. The molecule has 1 aromatic carbocycles. The van der Waals surface area contributed by atoms with E-state index < -0.39 is 24.0 Å². The van der Waals surface area contributed by atoms with Crippen molar-refractivity contribution in [3.8, 4) is 0 Å². The average Bonchev–Trinajstić information content (AvgIpc) is 3.48. The van der Waals surface area contributed by atoms with Crippen LogP contribution in [0.3, 0.4) is 0 Å². The van der Waals surface area contributed by atoms with Gasteiger partial charge in [0.05, 0.1) is 23.2 Å². The van der Waals surface area contributed by atoms with E-state index in [1.165, 1.54) is 0 Å². The van der Waals surface area contributed by atoms with Crippen molar-refractivity contribution in [2.24, 2.45) is 11.3 Å². The number of aryl methyl sites for hydroxylation is 1. The van der Waals surface area contributed by atoms with Crippen molar-refractivity contribution in [2.75, 3.05) is 25.0 Å². The average molecular weight is 475 g/mol. The lowest BCUT2D eigenvalue weighted by Crippen LogP contribution is -2.54. The molecule has 2 fully saturated rings. The number of hydrogen-bond acceptors (Lipinski definition) is 4. The molecule has 1 saturated carbocycles. The Labute approximate surface area is 191 Å². The maximum Gasteiger partial charge on any atom is 0.393 e. The van der Waals surface area contributed by atoms with Crippen molar-refractivity contribution < 1.29 is 27.5 Å². The summed E-state index contributed by atoms with van der Waals surface area (Å²) in [6.45, 7) is 4.02. The lowest BCUT2D eigenvalue weighted by Gasteiger charge is -2.40. The SMILES string of the molecule is CCOC(=O)CCc1ccc(Cl)c(NC(=O)C(C(C)C(F)(F)F)N2CCC3(CC2)CC3)c1. The van der Waals surface area contributed by atoms with Gasteiger partial charge in [-0.25, -0.2) is 0 Å². The molecule has 1 aliphatic heterocycles. The predicted molar refractivity (Wildman–Crippen MR) is 117 cm³/mol. The summed E-state index contributed by atoms with van der Waals surface area (Å²) in [5, 5.41) is 2.85. The number of halogens is 4. The highest BCUT2D eigenvalue weighted by Gasteiger charge is 2.50. The molecule has 178 valence electrons. The minimum Gasteiger partial charge on any atom is -0.466 e. The highest BCUT2D eigenvalue weighted by molar-refractivity contribution is 6.33. The third-order valence-electron chi connectivity index (χ3n) is 6.68. The Bertz CT molecular complexity index is 832. The Kier molecular flexibility index (Phi) is 7.76. The van der Waals surface area contributed by atoms with Crippen molar-refractivity contribution in [3.63, 3.8) is 0 Å². The van der Waals surface area contributed by atoms with Crippen molar-refractivity contribution in [1.29, 1.82) is 0 Å². The summed E-state index contributed by atoms with van der Waals surface area (Å²) in [4.78, 5) is 26.4.